The van der Waals surface area contributed by atoms with Gasteiger partial charge in [-0.2, -0.15) is 0 Å². The molecule has 0 aliphatic heterocycles. The lowest BCUT2D eigenvalue weighted by Gasteiger charge is -2.03. The highest BCUT2D eigenvalue weighted by atomic mass is 79.9. The number of aromatic hydroxyl groups is 1. The van der Waals surface area contributed by atoms with Crippen LogP contribution in [0.2, 0.25) is 0 Å². The van der Waals surface area contributed by atoms with Gasteiger partial charge < -0.3 is 10.2 Å². The van der Waals surface area contributed by atoms with E-state index in [0.717, 1.165) is 18.2 Å². The summed E-state index contributed by atoms with van der Waals surface area (Å²) < 4.78 is 0.135. The summed E-state index contributed by atoms with van der Waals surface area (Å²) in [4.78, 5) is 20.6. The fourth-order valence-corrected chi connectivity index (χ4v) is 1.58. The summed E-state index contributed by atoms with van der Waals surface area (Å²) in [6, 6.07) is 2.25. The SMILES string of the molecule is C/C(=C\c1cc([N+](=O)[O-])cc(Br)c1O)C(=O)O. The largest absolute Gasteiger partial charge is 0.506 e. The third-order valence-electron chi connectivity index (χ3n) is 2.00. The second kappa shape index (κ2) is 4.96. The highest BCUT2D eigenvalue weighted by Crippen LogP contribution is 2.33. The number of halogens is 1. The lowest BCUT2D eigenvalue weighted by Crippen LogP contribution is -1.96. The number of phenolic OH excluding ortho intramolecular Hbond substituents is 1. The Hall–Kier alpha value is -1.89. The Bertz CT molecular complexity index is 524. The molecule has 0 fully saturated rings. The number of carboxylic acids is 1. The third-order valence-corrected chi connectivity index (χ3v) is 2.60. The number of carbonyl (C=O) groups is 1. The van der Waals surface area contributed by atoms with Crippen molar-refractivity contribution in [3.63, 3.8) is 0 Å². The van der Waals surface area contributed by atoms with Crippen molar-refractivity contribution in [1.29, 1.82) is 0 Å². The maximum absolute atomic E-state index is 10.6. The molecule has 0 radical (unpaired) electrons. The molecule has 0 aliphatic rings. The predicted molar refractivity (Wildman–Crippen MR) is 63.7 cm³/mol. The first-order valence-electron chi connectivity index (χ1n) is 4.41. The van der Waals surface area contributed by atoms with Crippen molar-refractivity contribution in [3.05, 3.63) is 37.9 Å². The van der Waals surface area contributed by atoms with Crippen molar-refractivity contribution >= 4 is 33.7 Å². The topological polar surface area (TPSA) is 101 Å². The molecular formula is C10H8BrNO5. The van der Waals surface area contributed by atoms with Gasteiger partial charge in [0.2, 0.25) is 0 Å². The Morgan fingerprint density at radius 2 is 2.12 bits per heavy atom. The number of phenols is 1. The van der Waals surface area contributed by atoms with Crippen molar-refractivity contribution in [2.45, 2.75) is 6.92 Å². The van der Waals surface area contributed by atoms with Gasteiger partial charge in [0.05, 0.1) is 9.40 Å². The standard InChI is InChI=1S/C10H8BrNO5/c1-5(10(14)15)2-6-3-7(12(16)17)4-8(11)9(6)13/h2-4,13H,1H3,(H,14,15)/b5-2+. The molecule has 1 aromatic carbocycles. The van der Waals surface area contributed by atoms with Gasteiger partial charge in [-0.05, 0) is 28.9 Å². The maximum atomic E-state index is 10.6. The third kappa shape index (κ3) is 3.04. The van der Waals surface area contributed by atoms with Crippen LogP contribution in [-0.2, 0) is 4.79 Å². The number of carboxylic acid groups (broad SMARTS) is 1. The van der Waals surface area contributed by atoms with E-state index in [2.05, 4.69) is 15.9 Å². The fourth-order valence-electron chi connectivity index (χ4n) is 1.12. The minimum absolute atomic E-state index is 0.0345. The van der Waals surface area contributed by atoms with Crippen molar-refractivity contribution in [3.8, 4) is 5.75 Å². The van der Waals surface area contributed by atoms with E-state index < -0.39 is 10.9 Å². The summed E-state index contributed by atoms with van der Waals surface area (Å²) in [5.41, 5.74) is -0.196. The highest BCUT2D eigenvalue weighted by molar-refractivity contribution is 9.10. The summed E-state index contributed by atoms with van der Waals surface area (Å²) in [5, 5.41) is 28.9. The summed E-state index contributed by atoms with van der Waals surface area (Å²) in [7, 11) is 0. The number of benzene rings is 1. The predicted octanol–water partition coefficient (Wildman–Crippen LogP) is 2.55. The zero-order valence-electron chi connectivity index (χ0n) is 8.68. The van der Waals surface area contributed by atoms with E-state index in [4.69, 9.17) is 5.11 Å². The molecule has 0 saturated heterocycles. The van der Waals surface area contributed by atoms with Crippen LogP contribution in [0.4, 0.5) is 5.69 Å². The van der Waals surface area contributed by atoms with Gasteiger partial charge in [0.1, 0.15) is 5.75 Å². The van der Waals surface area contributed by atoms with Gasteiger partial charge in [0.25, 0.3) is 5.69 Å². The van der Waals surface area contributed by atoms with Crippen molar-refractivity contribution in [2.75, 3.05) is 0 Å². The minimum Gasteiger partial charge on any atom is -0.506 e. The molecule has 1 aromatic rings. The number of non-ortho nitro benzene ring substituents is 1. The molecule has 0 unspecified atom stereocenters. The zero-order chi connectivity index (χ0) is 13.2. The lowest BCUT2D eigenvalue weighted by molar-refractivity contribution is -0.385. The number of aliphatic carboxylic acids is 1. The van der Waals surface area contributed by atoms with Crippen molar-refractivity contribution < 1.29 is 19.9 Å². The van der Waals surface area contributed by atoms with Gasteiger partial charge in [0.15, 0.2) is 0 Å². The smallest absolute Gasteiger partial charge is 0.331 e. The van der Waals surface area contributed by atoms with E-state index in [9.17, 15) is 20.0 Å². The summed E-state index contributed by atoms with van der Waals surface area (Å²) in [6.07, 6.45) is 1.16. The molecular weight excluding hydrogens is 294 g/mol. The molecule has 0 amide bonds. The number of nitro benzene ring substituents is 1. The van der Waals surface area contributed by atoms with Crippen LogP contribution in [0.5, 0.6) is 5.75 Å². The molecule has 0 heterocycles. The average Bonchev–Trinajstić information content (AvgIpc) is 2.23. The van der Waals surface area contributed by atoms with Crippen LogP contribution in [0, 0.1) is 10.1 Å². The summed E-state index contributed by atoms with van der Waals surface area (Å²) in [5.74, 6) is -1.40. The maximum Gasteiger partial charge on any atom is 0.331 e. The normalized spacial score (nSPS) is 11.3. The van der Waals surface area contributed by atoms with E-state index in [-0.39, 0.29) is 27.0 Å². The Morgan fingerprint density at radius 3 is 2.59 bits per heavy atom. The van der Waals surface area contributed by atoms with Crippen molar-refractivity contribution in [1.82, 2.24) is 0 Å². The van der Waals surface area contributed by atoms with Crippen LogP contribution >= 0.6 is 15.9 Å². The number of hydrogen-bond acceptors (Lipinski definition) is 4. The van der Waals surface area contributed by atoms with Gasteiger partial charge in [-0.3, -0.25) is 10.1 Å². The Labute approximate surface area is 104 Å². The van der Waals surface area contributed by atoms with Gasteiger partial charge in [-0.15, -0.1) is 0 Å². The quantitative estimate of drug-likeness (QED) is 0.507. The highest BCUT2D eigenvalue weighted by Gasteiger charge is 2.14. The number of nitro groups is 1. The molecule has 0 bridgehead atoms. The summed E-state index contributed by atoms with van der Waals surface area (Å²) >= 11 is 2.96. The van der Waals surface area contributed by atoms with E-state index in [0.29, 0.717) is 0 Å². The lowest BCUT2D eigenvalue weighted by atomic mass is 10.1. The molecule has 0 aromatic heterocycles. The van der Waals surface area contributed by atoms with E-state index >= 15 is 0 Å². The van der Waals surface area contributed by atoms with Gasteiger partial charge >= 0.3 is 5.97 Å². The van der Waals surface area contributed by atoms with Crippen LogP contribution in [0.1, 0.15) is 12.5 Å². The molecule has 6 nitrogen and oxygen atoms in total. The molecule has 7 heteroatoms. The molecule has 0 spiro atoms. The second-order valence-corrected chi connectivity index (χ2v) is 4.11. The molecule has 0 saturated carbocycles. The number of hydrogen-bond donors (Lipinski definition) is 2. The molecule has 2 N–H and O–H groups in total. The molecule has 17 heavy (non-hydrogen) atoms. The first-order valence-corrected chi connectivity index (χ1v) is 5.20. The molecule has 0 atom stereocenters. The molecule has 90 valence electrons. The average molecular weight is 302 g/mol. The molecule has 0 aliphatic carbocycles. The Balaban J connectivity index is 3.38. The molecule has 1 rings (SSSR count). The van der Waals surface area contributed by atoms with E-state index in [1.54, 1.807) is 0 Å². The van der Waals surface area contributed by atoms with Gasteiger partial charge in [-0.25, -0.2) is 4.79 Å². The van der Waals surface area contributed by atoms with Crippen molar-refractivity contribution in [2.24, 2.45) is 0 Å². The van der Waals surface area contributed by atoms with Crippen LogP contribution in [0.15, 0.2) is 22.2 Å². The zero-order valence-corrected chi connectivity index (χ0v) is 10.3. The number of nitrogens with zero attached hydrogens (tertiary/aromatic N) is 1. The summed E-state index contributed by atoms with van der Waals surface area (Å²) in [6.45, 7) is 1.33. The Morgan fingerprint density at radius 1 is 1.53 bits per heavy atom. The minimum atomic E-state index is -1.16. The van der Waals surface area contributed by atoms with Crippen LogP contribution in [0.3, 0.4) is 0 Å². The Kier molecular flexibility index (Phi) is 3.84. The fraction of sp³-hybridized carbons (Fsp3) is 0.100. The number of rotatable bonds is 3. The van der Waals surface area contributed by atoms with Crippen LogP contribution in [0.25, 0.3) is 6.08 Å². The van der Waals surface area contributed by atoms with E-state index in [1.807, 2.05) is 0 Å². The van der Waals surface area contributed by atoms with Crippen LogP contribution in [-0.4, -0.2) is 21.1 Å². The monoisotopic (exact) mass is 301 g/mol. The first-order chi connectivity index (χ1) is 7.82. The van der Waals surface area contributed by atoms with Gasteiger partial charge in [0, 0.05) is 23.3 Å². The van der Waals surface area contributed by atoms with E-state index in [1.165, 1.54) is 6.92 Å². The van der Waals surface area contributed by atoms with Crippen LogP contribution < -0.4 is 0 Å². The first kappa shape index (κ1) is 13.2. The van der Waals surface area contributed by atoms with Gasteiger partial charge in [-0.1, -0.05) is 0 Å². The second-order valence-electron chi connectivity index (χ2n) is 3.26.